The normalized spacial score (nSPS) is 11.1. The molecular formula is C13H15N5OS2. The summed E-state index contributed by atoms with van der Waals surface area (Å²) in [5.74, 6) is 2.88. The molecule has 3 heterocycles. The zero-order valence-electron chi connectivity index (χ0n) is 11.8. The Labute approximate surface area is 130 Å². The maximum Gasteiger partial charge on any atom is 0.237 e. The molecule has 0 spiro atoms. The first-order valence-electron chi connectivity index (χ1n) is 6.73. The predicted octanol–water partition coefficient (Wildman–Crippen LogP) is 3.26. The third kappa shape index (κ3) is 3.01. The van der Waals surface area contributed by atoms with Gasteiger partial charge in [-0.1, -0.05) is 29.9 Å². The third-order valence-corrected chi connectivity index (χ3v) is 4.74. The molecule has 0 saturated heterocycles. The van der Waals surface area contributed by atoms with E-state index in [0.29, 0.717) is 11.6 Å². The third-order valence-electron chi connectivity index (χ3n) is 2.93. The lowest BCUT2D eigenvalue weighted by Gasteiger charge is -2.04. The van der Waals surface area contributed by atoms with Gasteiger partial charge in [0, 0.05) is 13.0 Å². The van der Waals surface area contributed by atoms with Gasteiger partial charge in [0.2, 0.25) is 5.89 Å². The summed E-state index contributed by atoms with van der Waals surface area (Å²) in [6.07, 6.45) is 0.780. The summed E-state index contributed by atoms with van der Waals surface area (Å²) in [5, 5.41) is 15.4. The number of thioether (sulfide) groups is 1. The molecule has 3 aromatic rings. The number of hydrogen-bond acceptors (Lipinski definition) is 7. The van der Waals surface area contributed by atoms with Crippen molar-refractivity contribution in [3.8, 4) is 10.7 Å². The van der Waals surface area contributed by atoms with E-state index in [1.165, 1.54) is 0 Å². The van der Waals surface area contributed by atoms with Crippen molar-refractivity contribution in [3.05, 3.63) is 29.2 Å². The molecule has 0 fully saturated rings. The summed E-state index contributed by atoms with van der Waals surface area (Å²) >= 11 is 3.23. The second-order valence-corrected chi connectivity index (χ2v) is 6.16. The highest BCUT2D eigenvalue weighted by Gasteiger charge is 2.15. The van der Waals surface area contributed by atoms with Crippen molar-refractivity contribution in [2.24, 2.45) is 0 Å². The summed E-state index contributed by atoms with van der Waals surface area (Å²) in [7, 11) is 0. The van der Waals surface area contributed by atoms with Gasteiger partial charge in [-0.05, 0) is 18.4 Å². The quantitative estimate of drug-likeness (QED) is 0.649. The Bertz CT molecular complexity index is 704. The largest absolute Gasteiger partial charge is 0.338 e. The van der Waals surface area contributed by atoms with Crippen molar-refractivity contribution < 1.29 is 4.52 Å². The van der Waals surface area contributed by atoms with E-state index in [4.69, 9.17) is 4.52 Å². The monoisotopic (exact) mass is 321 g/mol. The van der Waals surface area contributed by atoms with Crippen LogP contribution in [0.4, 0.5) is 0 Å². The molecule has 8 heteroatoms. The highest BCUT2D eigenvalue weighted by atomic mass is 32.2. The fourth-order valence-electron chi connectivity index (χ4n) is 1.89. The van der Waals surface area contributed by atoms with E-state index in [0.717, 1.165) is 34.6 Å². The summed E-state index contributed by atoms with van der Waals surface area (Å²) in [6, 6.07) is 4.08. The van der Waals surface area contributed by atoms with Gasteiger partial charge in [0.25, 0.3) is 0 Å². The lowest BCUT2D eigenvalue weighted by Crippen LogP contribution is -1.99. The number of hydrogen-bond donors (Lipinski definition) is 0. The molecular weight excluding hydrogens is 306 g/mol. The maximum atomic E-state index is 5.19. The van der Waals surface area contributed by atoms with Crippen molar-refractivity contribution in [1.82, 2.24) is 24.9 Å². The maximum absolute atomic E-state index is 5.19. The molecule has 0 bridgehead atoms. The standard InChI is InChI=1S/C13H15N5OS2/c1-3-10-14-11(19-17-10)8-21-13-16-15-12(18(13)4-2)9-6-5-7-20-9/h5-7H,3-4,8H2,1-2H3. The second kappa shape index (κ2) is 6.40. The number of rotatable bonds is 6. The molecule has 0 N–H and O–H groups in total. The molecule has 110 valence electrons. The van der Waals surface area contributed by atoms with Crippen LogP contribution in [0, 0.1) is 0 Å². The van der Waals surface area contributed by atoms with Gasteiger partial charge in [0.1, 0.15) is 0 Å². The van der Waals surface area contributed by atoms with Crippen LogP contribution in [0.15, 0.2) is 27.2 Å². The molecule has 21 heavy (non-hydrogen) atoms. The fourth-order valence-corrected chi connectivity index (χ4v) is 3.44. The molecule has 0 aliphatic carbocycles. The zero-order chi connectivity index (χ0) is 14.7. The zero-order valence-corrected chi connectivity index (χ0v) is 13.4. The van der Waals surface area contributed by atoms with Gasteiger partial charge in [0.15, 0.2) is 16.8 Å². The van der Waals surface area contributed by atoms with Gasteiger partial charge in [0.05, 0.1) is 10.6 Å². The Balaban J connectivity index is 1.76. The molecule has 0 radical (unpaired) electrons. The smallest absolute Gasteiger partial charge is 0.237 e. The molecule has 6 nitrogen and oxygen atoms in total. The molecule has 0 atom stereocenters. The molecule has 0 unspecified atom stereocenters. The molecule has 3 rings (SSSR count). The van der Waals surface area contributed by atoms with Crippen LogP contribution in [0.3, 0.4) is 0 Å². The molecule has 0 saturated carbocycles. The van der Waals surface area contributed by atoms with Crippen LogP contribution < -0.4 is 0 Å². The lowest BCUT2D eigenvalue weighted by atomic mass is 10.4. The van der Waals surface area contributed by atoms with Crippen LogP contribution in [0.1, 0.15) is 25.6 Å². The summed E-state index contributed by atoms with van der Waals surface area (Å²) < 4.78 is 7.30. The van der Waals surface area contributed by atoms with E-state index in [2.05, 4.69) is 37.9 Å². The topological polar surface area (TPSA) is 69.6 Å². The highest BCUT2D eigenvalue weighted by Crippen LogP contribution is 2.28. The van der Waals surface area contributed by atoms with E-state index >= 15 is 0 Å². The Kier molecular flexibility index (Phi) is 4.35. The number of nitrogens with zero attached hydrogens (tertiary/aromatic N) is 5. The van der Waals surface area contributed by atoms with Crippen molar-refractivity contribution in [2.45, 2.75) is 37.7 Å². The van der Waals surface area contributed by atoms with Crippen LogP contribution in [0.2, 0.25) is 0 Å². The van der Waals surface area contributed by atoms with Crippen molar-refractivity contribution >= 4 is 23.1 Å². The van der Waals surface area contributed by atoms with Crippen LogP contribution in [0.25, 0.3) is 10.7 Å². The molecule has 0 aliphatic heterocycles. The summed E-state index contributed by atoms with van der Waals surface area (Å²) in [5.41, 5.74) is 0. The summed E-state index contributed by atoms with van der Waals surface area (Å²) in [4.78, 5) is 5.43. The van der Waals surface area contributed by atoms with E-state index in [9.17, 15) is 0 Å². The summed E-state index contributed by atoms with van der Waals surface area (Å²) in [6.45, 7) is 4.92. The van der Waals surface area contributed by atoms with Crippen LogP contribution >= 0.6 is 23.1 Å². The van der Waals surface area contributed by atoms with Crippen LogP contribution in [-0.4, -0.2) is 24.9 Å². The first kappa shape index (κ1) is 14.3. The van der Waals surface area contributed by atoms with Crippen molar-refractivity contribution in [2.75, 3.05) is 0 Å². The fraction of sp³-hybridized carbons (Fsp3) is 0.385. The SMILES string of the molecule is CCc1noc(CSc2nnc(-c3cccs3)n2CC)n1. The minimum atomic E-state index is 0.607. The van der Waals surface area contributed by atoms with E-state index < -0.39 is 0 Å². The van der Waals surface area contributed by atoms with E-state index in [-0.39, 0.29) is 0 Å². The number of aromatic nitrogens is 5. The van der Waals surface area contributed by atoms with Gasteiger partial charge >= 0.3 is 0 Å². The molecule has 0 aromatic carbocycles. The molecule has 0 aliphatic rings. The minimum Gasteiger partial charge on any atom is -0.338 e. The minimum absolute atomic E-state index is 0.607. The Hall–Kier alpha value is -1.67. The van der Waals surface area contributed by atoms with E-state index in [1.54, 1.807) is 23.1 Å². The average Bonchev–Trinajstić information content (AvgIpc) is 3.23. The molecule has 3 aromatic heterocycles. The van der Waals surface area contributed by atoms with Gasteiger partial charge in [-0.25, -0.2) is 0 Å². The van der Waals surface area contributed by atoms with Gasteiger partial charge in [-0.3, -0.25) is 0 Å². The number of aryl methyl sites for hydroxylation is 1. The Morgan fingerprint density at radius 3 is 2.90 bits per heavy atom. The predicted molar refractivity (Wildman–Crippen MR) is 82.2 cm³/mol. The average molecular weight is 321 g/mol. The Morgan fingerprint density at radius 1 is 1.33 bits per heavy atom. The van der Waals surface area contributed by atoms with E-state index in [1.807, 2.05) is 18.4 Å². The first-order chi connectivity index (χ1) is 10.3. The molecule has 0 amide bonds. The van der Waals surface area contributed by atoms with Crippen LogP contribution in [-0.2, 0) is 18.7 Å². The number of thiophene rings is 1. The van der Waals surface area contributed by atoms with Crippen molar-refractivity contribution in [3.63, 3.8) is 0 Å². The lowest BCUT2D eigenvalue weighted by molar-refractivity contribution is 0.385. The van der Waals surface area contributed by atoms with Crippen molar-refractivity contribution in [1.29, 1.82) is 0 Å². The first-order valence-corrected chi connectivity index (χ1v) is 8.59. The van der Waals surface area contributed by atoms with Gasteiger partial charge in [-0.15, -0.1) is 21.5 Å². The van der Waals surface area contributed by atoms with Gasteiger partial charge in [-0.2, -0.15) is 4.98 Å². The van der Waals surface area contributed by atoms with Gasteiger partial charge < -0.3 is 9.09 Å². The highest BCUT2D eigenvalue weighted by molar-refractivity contribution is 7.98. The second-order valence-electron chi connectivity index (χ2n) is 4.27. The Morgan fingerprint density at radius 2 is 2.24 bits per heavy atom. The van der Waals surface area contributed by atoms with Crippen LogP contribution in [0.5, 0.6) is 0 Å².